The van der Waals surface area contributed by atoms with E-state index >= 15 is 0 Å². The fraction of sp³-hybridized carbons (Fsp3) is 0.353. The maximum Gasteiger partial charge on any atom is 0.573 e. The second-order valence-corrected chi connectivity index (χ2v) is 6.35. The van der Waals surface area contributed by atoms with Gasteiger partial charge in [0.05, 0.1) is 5.69 Å². The van der Waals surface area contributed by atoms with Crippen LogP contribution in [0.5, 0.6) is 17.5 Å². The van der Waals surface area contributed by atoms with Crippen molar-refractivity contribution in [1.29, 1.82) is 0 Å². The van der Waals surface area contributed by atoms with E-state index < -0.39 is 18.0 Å². The van der Waals surface area contributed by atoms with Gasteiger partial charge in [0.1, 0.15) is 11.5 Å². The lowest BCUT2D eigenvalue weighted by molar-refractivity contribution is -0.274. The summed E-state index contributed by atoms with van der Waals surface area (Å²) in [6, 6.07) is 4.97. The van der Waals surface area contributed by atoms with Crippen LogP contribution in [0, 0.1) is 0 Å². The molecule has 0 saturated heterocycles. The molecule has 0 radical (unpaired) electrons. The van der Waals surface area contributed by atoms with Crippen LogP contribution in [0.4, 0.5) is 13.2 Å². The first-order valence-electron chi connectivity index (χ1n) is 7.81. The van der Waals surface area contributed by atoms with Crippen molar-refractivity contribution in [3.05, 3.63) is 35.4 Å². The molecule has 2 aromatic rings. The summed E-state index contributed by atoms with van der Waals surface area (Å²) in [6.07, 6.45) is -3.20. The molecule has 1 aromatic heterocycles. The van der Waals surface area contributed by atoms with Crippen LogP contribution >= 0.6 is 0 Å². The van der Waals surface area contributed by atoms with Crippen molar-refractivity contribution in [2.24, 2.45) is 0 Å². The minimum atomic E-state index is -4.84. The van der Waals surface area contributed by atoms with Crippen LogP contribution in [0.3, 0.4) is 0 Å². The third-order valence-corrected chi connectivity index (χ3v) is 4.90. The number of aromatic nitrogens is 1. The molecule has 0 spiro atoms. The average Bonchev–Trinajstić information content (AvgIpc) is 2.79. The Morgan fingerprint density at radius 3 is 2.52 bits per heavy atom. The molecule has 8 heteroatoms. The topological polar surface area (TPSA) is 71.7 Å². The number of ether oxygens (including phenoxy) is 1. The smallest absolute Gasteiger partial charge is 0.494 e. The van der Waals surface area contributed by atoms with Crippen LogP contribution < -0.4 is 4.74 Å². The molecule has 5 nitrogen and oxygen atoms in total. The second kappa shape index (κ2) is 5.18. The number of fused-ring (bicyclic) bond motifs is 2. The number of Topliss-reactive ketones (excluding diaryl/α,β-unsaturated/α-hetero) is 1. The quantitative estimate of drug-likeness (QED) is 0.863. The number of carbonyl (C=O) groups excluding carboxylic acids is 1. The van der Waals surface area contributed by atoms with Crippen LogP contribution in [0.25, 0.3) is 5.69 Å². The normalized spacial score (nSPS) is 22.1. The van der Waals surface area contributed by atoms with Crippen molar-refractivity contribution in [1.82, 2.24) is 4.57 Å². The van der Waals surface area contributed by atoms with Gasteiger partial charge in [0.25, 0.3) is 0 Å². The van der Waals surface area contributed by atoms with Gasteiger partial charge in [0, 0.05) is 29.5 Å². The van der Waals surface area contributed by atoms with Gasteiger partial charge in [0.2, 0.25) is 11.8 Å². The zero-order chi connectivity index (χ0) is 17.9. The second-order valence-electron chi connectivity index (χ2n) is 6.35. The molecule has 132 valence electrons. The van der Waals surface area contributed by atoms with Gasteiger partial charge in [-0.2, -0.15) is 0 Å². The summed E-state index contributed by atoms with van der Waals surface area (Å²) in [7, 11) is 0. The molecule has 0 aliphatic heterocycles. The number of benzene rings is 1. The Hall–Kier alpha value is -2.64. The summed E-state index contributed by atoms with van der Waals surface area (Å²) in [4.78, 5) is 12.1. The first-order chi connectivity index (χ1) is 11.8. The van der Waals surface area contributed by atoms with Gasteiger partial charge in [-0.3, -0.25) is 9.36 Å². The minimum absolute atomic E-state index is 0.0188. The highest BCUT2D eigenvalue weighted by molar-refractivity contribution is 5.91. The van der Waals surface area contributed by atoms with Crippen LogP contribution in [-0.2, 0) is 4.79 Å². The van der Waals surface area contributed by atoms with E-state index in [1.165, 1.54) is 12.1 Å². The van der Waals surface area contributed by atoms with Gasteiger partial charge in [-0.1, -0.05) is 6.07 Å². The lowest BCUT2D eigenvalue weighted by Crippen LogP contribution is -2.28. The molecule has 1 saturated carbocycles. The number of nitrogens with zero attached hydrogens (tertiary/aromatic N) is 1. The fourth-order valence-corrected chi connectivity index (χ4v) is 3.96. The lowest BCUT2D eigenvalue weighted by Gasteiger charge is -2.34. The van der Waals surface area contributed by atoms with E-state index in [2.05, 4.69) is 4.74 Å². The van der Waals surface area contributed by atoms with E-state index in [-0.39, 0.29) is 29.1 Å². The number of hydrogen-bond acceptors (Lipinski definition) is 4. The van der Waals surface area contributed by atoms with Crippen LogP contribution in [0.15, 0.2) is 24.3 Å². The Labute approximate surface area is 140 Å². The highest BCUT2D eigenvalue weighted by Crippen LogP contribution is 2.55. The van der Waals surface area contributed by atoms with Gasteiger partial charge in [0.15, 0.2) is 0 Å². The predicted molar refractivity (Wildman–Crippen MR) is 80.1 cm³/mol. The SMILES string of the molecule is O=C1C[C@@H]2CC[C@H]1c1c2c(O)n(-c2cccc(OC(F)(F)F)c2)c1O. The zero-order valence-electron chi connectivity index (χ0n) is 12.9. The van der Waals surface area contributed by atoms with Crippen molar-refractivity contribution < 1.29 is 32.9 Å². The zero-order valence-corrected chi connectivity index (χ0v) is 12.9. The molecule has 2 bridgehead atoms. The highest BCUT2D eigenvalue weighted by atomic mass is 19.4. The maximum absolute atomic E-state index is 12.4. The number of hydrogen-bond donors (Lipinski definition) is 2. The summed E-state index contributed by atoms with van der Waals surface area (Å²) >= 11 is 0. The summed E-state index contributed by atoms with van der Waals surface area (Å²) in [5.74, 6) is -1.63. The monoisotopic (exact) mass is 353 g/mol. The first-order valence-corrected chi connectivity index (χ1v) is 7.81. The van der Waals surface area contributed by atoms with E-state index in [9.17, 15) is 28.2 Å². The number of aromatic hydroxyl groups is 2. The molecule has 5 rings (SSSR count). The molecule has 3 aliphatic carbocycles. The van der Waals surface area contributed by atoms with Crippen LogP contribution in [0.2, 0.25) is 0 Å². The summed E-state index contributed by atoms with van der Waals surface area (Å²) in [6.45, 7) is 0. The minimum Gasteiger partial charge on any atom is -0.494 e. The molecule has 0 amide bonds. The van der Waals surface area contributed by atoms with Crippen molar-refractivity contribution in [2.45, 2.75) is 37.5 Å². The molecule has 2 atom stereocenters. The van der Waals surface area contributed by atoms with E-state index in [4.69, 9.17) is 0 Å². The number of ketones is 1. The Balaban J connectivity index is 1.83. The number of alkyl halides is 3. The van der Waals surface area contributed by atoms with E-state index in [1.54, 1.807) is 0 Å². The molecule has 1 aromatic carbocycles. The molecule has 25 heavy (non-hydrogen) atoms. The Kier molecular flexibility index (Phi) is 3.28. The Morgan fingerprint density at radius 2 is 1.84 bits per heavy atom. The largest absolute Gasteiger partial charge is 0.573 e. The highest BCUT2D eigenvalue weighted by Gasteiger charge is 2.45. The third-order valence-electron chi connectivity index (χ3n) is 4.90. The number of rotatable bonds is 2. The molecule has 2 N–H and O–H groups in total. The van der Waals surface area contributed by atoms with Crippen molar-refractivity contribution in [3.8, 4) is 23.2 Å². The number of halogens is 3. The predicted octanol–water partition coefficient (Wildman–Crippen LogP) is 3.72. The third kappa shape index (κ3) is 2.43. The Bertz CT molecular complexity index is 872. The van der Waals surface area contributed by atoms with Gasteiger partial charge >= 0.3 is 6.36 Å². The summed E-state index contributed by atoms with van der Waals surface area (Å²) in [5, 5.41) is 21.1. The van der Waals surface area contributed by atoms with Gasteiger partial charge in [-0.25, -0.2) is 0 Å². The summed E-state index contributed by atoms with van der Waals surface area (Å²) in [5.41, 5.74) is 1.04. The molecule has 0 unspecified atom stereocenters. The molecule has 3 aliphatic rings. The van der Waals surface area contributed by atoms with E-state index in [0.29, 0.717) is 24.0 Å². The standard InChI is InChI=1S/C17H14F3NO4/c18-17(19,20)25-10-3-1-2-9(7-10)21-15(23)13-8-4-5-11(12(22)6-8)14(13)16(21)24/h1-3,7-8,11,23-24H,4-6H2/t8-,11+/m0/s1. The van der Waals surface area contributed by atoms with E-state index in [0.717, 1.165) is 23.1 Å². The van der Waals surface area contributed by atoms with Crippen molar-refractivity contribution in [3.63, 3.8) is 0 Å². The fourth-order valence-electron chi connectivity index (χ4n) is 3.96. The Morgan fingerprint density at radius 1 is 1.12 bits per heavy atom. The van der Waals surface area contributed by atoms with Crippen molar-refractivity contribution in [2.75, 3.05) is 0 Å². The van der Waals surface area contributed by atoms with Crippen LogP contribution in [-0.4, -0.2) is 26.9 Å². The molecular formula is C17H14F3NO4. The van der Waals surface area contributed by atoms with Crippen molar-refractivity contribution >= 4 is 5.78 Å². The van der Waals surface area contributed by atoms with Gasteiger partial charge in [-0.15, -0.1) is 13.2 Å². The lowest BCUT2D eigenvalue weighted by atomic mass is 9.67. The van der Waals surface area contributed by atoms with Gasteiger partial charge < -0.3 is 14.9 Å². The average molecular weight is 353 g/mol. The molecule has 1 fully saturated rings. The van der Waals surface area contributed by atoms with Crippen LogP contribution in [0.1, 0.15) is 42.2 Å². The van der Waals surface area contributed by atoms with E-state index in [1.807, 2.05) is 0 Å². The molecular weight excluding hydrogens is 339 g/mol. The molecule has 1 heterocycles. The number of carbonyl (C=O) groups is 1. The first kappa shape index (κ1) is 15.9. The summed E-state index contributed by atoms with van der Waals surface area (Å²) < 4.78 is 42.2. The van der Waals surface area contributed by atoms with Gasteiger partial charge in [-0.05, 0) is 30.9 Å². The maximum atomic E-state index is 12.4.